The third-order valence-electron chi connectivity index (χ3n) is 4.39. The van der Waals surface area contributed by atoms with Crippen LogP contribution in [0.15, 0.2) is 36.4 Å². The Balaban J connectivity index is 0.00000578. The van der Waals surface area contributed by atoms with Gasteiger partial charge in [-0.05, 0) is 51.1 Å². The van der Waals surface area contributed by atoms with Crippen LogP contribution in [0.25, 0.3) is 0 Å². The molecule has 6 N–H and O–H groups in total. The van der Waals surface area contributed by atoms with Crippen LogP contribution in [-0.2, 0) is 14.3 Å². The average molecular weight is 495 g/mol. The van der Waals surface area contributed by atoms with Gasteiger partial charge in [-0.1, -0.05) is 0 Å². The van der Waals surface area contributed by atoms with E-state index in [1.807, 2.05) is 13.8 Å². The molecule has 0 radical (unpaired) electrons. The van der Waals surface area contributed by atoms with Gasteiger partial charge in [0.25, 0.3) is 5.91 Å². The Labute approximate surface area is 204 Å². The Hall–Kier alpha value is -3.66. The molecule has 1 amide bonds. The Bertz CT molecular complexity index is 984. The standard InChI is InChI=1S/C23H30N4O6.ClH/c1-4-30-18-11-16(17(33-13-20(24)28)12-19(18)31-5-2)21(23(29)32-6-3)27-15-9-7-14(8-10-15)22(25)26;/h7-12,21,27H,4-6,13H2,1-3H3,(H2,24,28)(H3,25,26);1H. The summed E-state index contributed by atoms with van der Waals surface area (Å²) in [6.07, 6.45) is 0. The largest absolute Gasteiger partial charge is 0.490 e. The number of nitrogens with one attached hydrogen (secondary N) is 2. The van der Waals surface area contributed by atoms with E-state index in [1.54, 1.807) is 43.3 Å². The van der Waals surface area contributed by atoms with E-state index >= 15 is 0 Å². The summed E-state index contributed by atoms with van der Waals surface area (Å²) >= 11 is 0. The molecule has 34 heavy (non-hydrogen) atoms. The Morgan fingerprint density at radius 1 is 0.912 bits per heavy atom. The minimum absolute atomic E-state index is 0. The van der Waals surface area contributed by atoms with Crippen LogP contribution >= 0.6 is 12.4 Å². The number of ether oxygens (including phenoxy) is 4. The van der Waals surface area contributed by atoms with Crippen molar-refractivity contribution in [3.63, 3.8) is 0 Å². The molecule has 1 atom stereocenters. The minimum atomic E-state index is -1.01. The first-order chi connectivity index (χ1) is 15.8. The lowest BCUT2D eigenvalue weighted by molar-refractivity contribution is -0.144. The van der Waals surface area contributed by atoms with E-state index in [2.05, 4.69) is 5.32 Å². The van der Waals surface area contributed by atoms with E-state index in [9.17, 15) is 9.59 Å². The number of hydrogen-bond donors (Lipinski definition) is 4. The fraction of sp³-hybridized carbons (Fsp3) is 0.348. The minimum Gasteiger partial charge on any atom is -0.490 e. The number of nitrogen functional groups attached to an aromatic ring is 1. The van der Waals surface area contributed by atoms with Gasteiger partial charge in [-0.2, -0.15) is 0 Å². The molecule has 0 spiro atoms. The van der Waals surface area contributed by atoms with Crippen LogP contribution in [0.4, 0.5) is 5.69 Å². The van der Waals surface area contributed by atoms with Crippen molar-refractivity contribution in [3.8, 4) is 17.2 Å². The lowest BCUT2D eigenvalue weighted by atomic mass is 10.0. The van der Waals surface area contributed by atoms with E-state index < -0.39 is 24.5 Å². The molecule has 0 saturated heterocycles. The second kappa shape index (κ2) is 13.8. The molecule has 0 bridgehead atoms. The summed E-state index contributed by atoms with van der Waals surface area (Å²) in [7, 11) is 0. The number of carbonyl (C=O) groups is 2. The highest BCUT2D eigenvalue weighted by molar-refractivity contribution is 5.95. The molecule has 0 saturated carbocycles. The van der Waals surface area contributed by atoms with Crippen molar-refractivity contribution in [1.29, 1.82) is 5.41 Å². The molecule has 0 aliphatic rings. The third kappa shape index (κ3) is 7.73. The first-order valence-corrected chi connectivity index (χ1v) is 10.5. The van der Waals surface area contributed by atoms with Crippen molar-refractivity contribution in [3.05, 3.63) is 47.5 Å². The van der Waals surface area contributed by atoms with Crippen LogP contribution in [0, 0.1) is 5.41 Å². The third-order valence-corrected chi connectivity index (χ3v) is 4.39. The van der Waals surface area contributed by atoms with E-state index in [0.29, 0.717) is 41.5 Å². The first kappa shape index (κ1) is 28.4. The quantitative estimate of drug-likeness (QED) is 0.188. The normalized spacial score (nSPS) is 10.9. The maximum Gasteiger partial charge on any atom is 0.333 e. The van der Waals surface area contributed by atoms with Gasteiger partial charge in [0.1, 0.15) is 11.6 Å². The summed E-state index contributed by atoms with van der Waals surface area (Å²) in [4.78, 5) is 24.3. The maximum atomic E-state index is 12.9. The Morgan fingerprint density at radius 2 is 1.50 bits per heavy atom. The van der Waals surface area contributed by atoms with Crippen molar-refractivity contribution >= 4 is 35.8 Å². The summed E-state index contributed by atoms with van der Waals surface area (Å²) in [6.45, 7) is 5.85. The van der Waals surface area contributed by atoms with Crippen molar-refractivity contribution < 1.29 is 28.5 Å². The maximum absolute atomic E-state index is 12.9. The van der Waals surface area contributed by atoms with Crippen molar-refractivity contribution in [1.82, 2.24) is 0 Å². The molecule has 0 aliphatic heterocycles. The summed E-state index contributed by atoms with van der Waals surface area (Å²) in [5, 5.41) is 10.7. The molecule has 11 heteroatoms. The zero-order chi connectivity index (χ0) is 24.4. The molecule has 2 rings (SSSR count). The summed E-state index contributed by atoms with van der Waals surface area (Å²) < 4.78 is 22.2. The van der Waals surface area contributed by atoms with E-state index in [1.165, 1.54) is 0 Å². The van der Waals surface area contributed by atoms with Gasteiger partial charge in [0, 0.05) is 22.9 Å². The molecule has 0 aliphatic carbocycles. The molecule has 10 nitrogen and oxygen atoms in total. The number of rotatable bonds is 13. The second-order valence-corrected chi connectivity index (χ2v) is 6.78. The number of primary amides is 1. The van der Waals surface area contributed by atoms with Gasteiger partial charge in [-0.15, -0.1) is 12.4 Å². The van der Waals surface area contributed by atoms with Gasteiger partial charge in [-0.3, -0.25) is 10.2 Å². The van der Waals surface area contributed by atoms with Gasteiger partial charge in [0.05, 0.1) is 19.8 Å². The number of amides is 1. The number of halogens is 1. The Kier molecular flexibility index (Phi) is 11.5. The van der Waals surface area contributed by atoms with Crippen molar-refractivity contribution in [2.24, 2.45) is 11.5 Å². The fourth-order valence-corrected chi connectivity index (χ4v) is 3.00. The average Bonchev–Trinajstić information content (AvgIpc) is 2.78. The lowest BCUT2D eigenvalue weighted by Gasteiger charge is -2.23. The van der Waals surface area contributed by atoms with Crippen molar-refractivity contribution in [2.45, 2.75) is 26.8 Å². The number of nitrogens with two attached hydrogens (primary N) is 2. The van der Waals surface area contributed by atoms with Crippen LogP contribution < -0.4 is 31.0 Å². The van der Waals surface area contributed by atoms with Gasteiger partial charge in [0.15, 0.2) is 24.1 Å². The molecule has 1 unspecified atom stereocenters. The first-order valence-electron chi connectivity index (χ1n) is 10.5. The molecule has 2 aromatic carbocycles. The van der Waals surface area contributed by atoms with Crippen LogP contribution in [0.2, 0.25) is 0 Å². The van der Waals surface area contributed by atoms with Crippen LogP contribution in [0.1, 0.15) is 37.9 Å². The highest BCUT2D eigenvalue weighted by Crippen LogP contribution is 2.39. The van der Waals surface area contributed by atoms with Gasteiger partial charge >= 0.3 is 5.97 Å². The van der Waals surface area contributed by atoms with E-state index in [4.69, 9.17) is 35.8 Å². The molecule has 186 valence electrons. The smallest absolute Gasteiger partial charge is 0.333 e. The second-order valence-electron chi connectivity index (χ2n) is 6.78. The van der Waals surface area contributed by atoms with Gasteiger partial charge in [0.2, 0.25) is 0 Å². The van der Waals surface area contributed by atoms with Crippen LogP contribution in [0.3, 0.4) is 0 Å². The molecule has 0 heterocycles. The topological polar surface area (TPSA) is 159 Å². The highest BCUT2D eigenvalue weighted by Gasteiger charge is 2.28. The predicted octanol–water partition coefficient (Wildman–Crippen LogP) is 2.77. The zero-order valence-electron chi connectivity index (χ0n) is 19.4. The molecule has 0 fully saturated rings. The number of amidine groups is 1. The molecule has 0 aromatic heterocycles. The van der Waals surface area contributed by atoms with Crippen molar-refractivity contribution in [2.75, 3.05) is 31.7 Å². The summed E-state index contributed by atoms with van der Waals surface area (Å²) in [5.41, 5.74) is 12.3. The highest BCUT2D eigenvalue weighted by atomic mass is 35.5. The number of esters is 1. The predicted molar refractivity (Wildman–Crippen MR) is 131 cm³/mol. The number of carbonyl (C=O) groups excluding carboxylic acids is 2. The van der Waals surface area contributed by atoms with Crippen LogP contribution in [0.5, 0.6) is 17.2 Å². The zero-order valence-corrected chi connectivity index (χ0v) is 20.2. The summed E-state index contributed by atoms with van der Waals surface area (Å²) in [5.74, 6) is -0.290. The SMILES string of the molecule is CCOC(=O)C(Nc1ccc(C(=N)N)cc1)c1cc(OCC)c(OCC)cc1OCC(N)=O.Cl. The lowest BCUT2D eigenvalue weighted by Crippen LogP contribution is -2.26. The molecular weight excluding hydrogens is 464 g/mol. The summed E-state index contributed by atoms with van der Waals surface area (Å²) in [6, 6.07) is 8.84. The van der Waals surface area contributed by atoms with E-state index in [0.717, 1.165) is 0 Å². The fourth-order valence-electron chi connectivity index (χ4n) is 3.00. The monoisotopic (exact) mass is 494 g/mol. The van der Waals surface area contributed by atoms with E-state index in [-0.39, 0.29) is 30.6 Å². The number of benzene rings is 2. The van der Waals surface area contributed by atoms with Gasteiger partial charge in [-0.25, -0.2) is 4.79 Å². The van der Waals surface area contributed by atoms with Gasteiger partial charge < -0.3 is 35.7 Å². The number of hydrogen-bond acceptors (Lipinski definition) is 8. The molecule has 2 aromatic rings. The Morgan fingerprint density at radius 3 is 2.00 bits per heavy atom. The molecular formula is C23H31ClN4O6. The number of anilines is 1. The van der Waals surface area contributed by atoms with Crippen LogP contribution in [-0.4, -0.2) is 44.1 Å².